The van der Waals surface area contributed by atoms with Gasteiger partial charge in [0, 0.05) is 24.9 Å². The number of fused-ring (bicyclic) bond motifs is 1. The van der Waals surface area contributed by atoms with Gasteiger partial charge in [-0.3, -0.25) is 4.79 Å². The van der Waals surface area contributed by atoms with E-state index >= 15 is 0 Å². The number of nitrogens with one attached hydrogen (secondary N) is 1. The molecule has 0 aliphatic heterocycles. The van der Waals surface area contributed by atoms with Gasteiger partial charge in [-0.2, -0.15) is 22.7 Å². The van der Waals surface area contributed by atoms with Gasteiger partial charge in [-0.05, 0) is 44.0 Å². The van der Waals surface area contributed by atoms with Crippen LogP contribution in [-0.4, -0.2) is 45.8 Å². The van der Waals surface area contributed by atoms with Crippen molar-refractivity contribution in [2.45, 2.75) is 32.9 Å². The first-order valence-electron chi connectivity index (χ1n) is 9.71. The Kier molecular flexibility index (Phi) is 6.82. The van der Waals surface area contributed by atoms with E-state index in [1.165, 1.54) is 17.7 Å². The number of methoxy groups -OCH3 is 1. The summed E-state index contributed by atoms with van der Waals surface area (Å²) < 4.78 is 51.2. The maximum atomic E-state index is 13.1. The van der Waals surface area contributed by atoms with Gasteiger partial charge in [0.1, 0.15) is 12.4 Å². The lowest BCUT2D eigenvalue weighted by Crippen LogP contribution is -2.16. The molecular weight excluding hydrogens is 429 g/mol. The Hall–Kier alpha value is -3.41. The summed E-state index contributed by atoms with van der Waals surface area (Å²) in [5, 5.41) is 6.60. The van der Waals surface area contributed by atoms with Gasteiger partial charge < -0.3 is 20.5 Å². The van der Waals surface area contributed by atoms with E-state index in [-0.39, 0.29) is 37.0 Å². The third-order valence-corrected chi connectivity index (χ3v) is 4.79. The number of aromatic nitrogens is 4. The number of hydrogen-bond donors (Lipinski definition) is 2. The number of amides is 1. The number of halogens is 3. The quantitative estimate of drug-likeness (QED) is 0.505. The molecule has 0 radical (unpaired) electrons. The zero-order chi connectivity index (χ0) is 23.5. The van der Waals surface area contributed by atoms with E-state index in [0.29, 0.717) is 17.9 Å². The van der Waals surface area contributed by atoms with E-state index in [0.717, 1.165) is 23.4 Å². The molecule has 9 nitrogen and oxygen atoms in total. The highest BCUT2D eigenvalue weighted by Gasteiger charge is 2.31. The zero-order valence-electron chi connectivity index (χ0n) is 17.8. The fraction of sp³-hybridized carbons (Fsp3) is 0.400. The van der Waals surface area contributed by atoms with Crippen LogP contribution in [0.2, 0.25) is 0 Å². The summed E-state index contributed by atoms with van der Waals surface area (Å²) in [7, 11) is 1.47. The van der Waals surface area contributed by atoms with Crippen molar-refractivity contribution < 1.29 is 27.4 Å². The Morgan fingerprint density at radius 3 is 2.66 bits per heavy atom. The number of carbonyl (C=O) groups excluding carboxylic acids is 1. The Balaban J connectivity index is 1.77. The van der Waals surface area contributed by atoms with Gasteiger partial charge in [-0.1, -0.05) is 0 Å². The molecule has 0 bridgehead atoms. The lowest BCUT2D eigenvalue weighted by atomic mass is 10.1. The second kappa shape index (κ2) is 9.39. The first-order chi connectivity index (χ1) is 15.1. The molecule has 0 spiro atoms. The van der Waals surface area contributed by atoms with Crippen molar-refractivity contribution in [3.63, 3.8) is 0 Å². The number of aryl methyl sites for hydroxylation is 2. The van der Waals surface area contributed by atoms with Crippen LogP contribution >= 0.6 is 0 Å². The molecule has 2 aromatic heterocycles. The van der Waals surface area contributed by atoms with Crippen molar-refractivity contribution in [2.24, 2.45) is 0 Å². The summed E-state index contributed by atoms with van der Waals surface area (Å²) >= 11 is 0. The molecule has 12 heteroatoms. The third-order valence-electron chi connectivity index (χ3n) is 4.79. The van der Waals surface area contributed by atoms with Gasteiger partial charge in [-0.25, -0.2) is 4.98 Å². The summed E-state index contributed by atoms with van der Waals surface area (Å²) in [6.45, 7) is 3.95. The molecule has 1 aromatic carbocycles. The lowest BCUT2D eigenvalue weighted by Gasteiger charge is -2.16. The van der Waals surface area contributed by atoms with Crippen LogP contribution in [0.3, 0.4) is 0 Å². The van der Waals surface area contributed by atoms with E-state index in [1.807, 2.05) is 0 Å². The molecule has 0 aliphatic rings. The average molecular weight is 452 g/mol. The van der Waals surface area contributed by atoms with Crippen LogP contribution in [0, 0.1) is 13.8 Å². The number of nitrogen functional groups attached to an aromatic ring is 1. The summed E-state index contributed by atoms with van der Waals surface area (Å²) in [4.78, 5) is 20.9. The molecule has 172 valence electrons. The number of alkyl halides is 3. The first-order valence-corrected chi connectivity index (χ1v) is 9.71. The number of carbonyl (C=O) groups is 1. The van der Waals surface area contributed by atoms with Gasteiger partial charge in [0.15, 0.2) is 0 Å². The molecule has 32 heavy (non-hydrogen) atoms. The number of rotatable bonds is 8. The summed E-state index contributed by atoms with van der Waals surface area (Å²) in [5.74, 6) is 0.0859. The minimum Gasteiger partial charge on any atom is -0.489 e. The standard InChI is InChI=1S/C20H23F3N6O3/c1-11-14(12(2)29-19(25-11)27-18(24)28-29)5-7-17(30)26-15-10-13(20(21,22)23)4-6-16(15)32-9-8-31-3/h4,6,10H,5,7-9H2,1-3H3,(H2,24,28)(H,26,30). The lowest BCUT2D eigenvalue weighted by molar-refractivity contribution is -0.137. The highest BCUT2D eigenvalue weighted by Crippen LogP contribution is 2.35. The Labute approximate surface area is 181 Å². The SMILES string of the molecule is COCCOc1ccc(C(F)(F)F)cc1NC(=O)CCc1c(C)nc2nc(N)nn2c1C. The van der Waals surface area contributed by atoms with Crippen molar-refractivity contribution in [1.29, 1.82) is 0 Å². The normalized spacial score (nSPS) is 11.7. The van der Waals surface area contributed by atoms with Gasteiger partial charge >= 0.3 is 6.18 Å². The highest BCUT2D eigenvalue weighted by atomic mass is 19.4. The molecule has 0 fully saturated rings. The van der Waals surface area contributed by atoms with Crippen molar-refractivity contribution in [1.82, 2.24) is 19.6 Å². The molecule has 2 heterocycles. The molecule has 1 amide bonds. The molecule has 0 atom stereocenters. The molecule has 3 aromatic rings. The minimum absolute atomic E-state index is 0.00675. The maximum absolute atomic E-state index is 13.1. The molecule has 0 unspecified atom stereocenters. The van der Waals surface area contributed by atoms with Gasteiger partial charge in [0.05, 0.1) is 17.9 Å². The molecular formula is C20H23F3N6O3. The van der Waals surface area contributed by atoms with E-state index < -0.39 is 17.6 Å². The van der Waals surface area contributed by atoms with Crippen LogP contribution in [-0.2, 0) is 22.1 Å². The fourth-order valence-corrected chi connectivity index (χ4v) is 3.20. The summed E-state index contributed by atoms with van der Waals surface area (Å²) in [5.41, 5.74) is 6.84. The second-order valence-corrected chi connectivity index (χ2v) is 7.04. The van der Waals surface area contributed by atoms with Crippen LogP contribution in [0.1, 0.15) is 28.9 Å². The number of hydrogen-bond acceptors (Lipinski definition) is 7. The summed E-state index contributed by atoms with van der Waals surface area (Å²) in [6, 6.07) is 2.92. The third kappa shape index (κ3) is 5.25. The Morgan fingerprint density at radius 2 is 1.97 bits per heavy atom. The number of nitrogens with zero attached hydrogens (tertiary/aromatic N) is 4. The predicted octanol–water partition coefficient (Wildman–Crippen LogP) is 2.94. The number of nitrogens with two attached hydrogens (primary N) is 1. The van der Waals surface area contributed by atoms with Gasteiger partial charge in [0.2, 0.25) is 11.9 Å². The Morgan fingerprint density at radius 1 is 1.22 bits per heavy atom. The van der Waals surface area contributed by atoms with Crippen LogP contribution in [0.5, 0.6) is 5.75 Å². The molecule has 0 saturated carbocycles. The van der Waals surface area contributed by atoms with Crippen LogP contribution in [0.15, 0.2) is 18.2 Å². The van der Waals surface area contributed by atoms with Crippen molar-refractivity contribution >= 4 is 23.3 Å². The topological polar surface area (TPSA) is 117 Å². The molecule has 0 aliphatic carbocycles. The molecule has 3 rings (SSSR count). The fourth-order valence-electron chi connectivity index (χ4n) is 3.20. The maximum Gasteiger partial charge on any atom is 0.416 e. The number of anilines is 2. The van der Waals surface area contributed by atoms with Crippen LogP contribution in [0.25, 0.3) is 5.78 Å². The average Bonchev–Trinajstić information content (AvgIpc) is 3.08. The van der Waals surface area contributed by atoms with Crippen LogP contribution in [0.4, 0.5) is 24.8 Å². The van der Waals surface area contributed by atoms with E-state index in [4.69, 9.17) is 15.2 Å². The largest absolute Gasteiger partial charge is 0.489 e. The minimum atomic E-state index is -4.56. The van der Waals surface area contributed by atoms with E-state index in [9.17, 15) is 18.0 Å². The first kappa shape index (κ1) is 23.3. The highest BCUT2D eigenvalue weighted by molar-refractivity contribution is 5.92. The van der Waals surface area contributed by atoms with Gasteiger partial charge in [0.25, 0.3) is 5.78 Å². The number of ether oxygens (including phenoxy) is 2. The predicted molar refractivity (Wildman–Crippen MR) is 110 cm³/mol. The van der Waals surface area contributed by atoms with Crippen molar-refractivity contribution in [3.8, 4) is 5.75 Å². The number of benzene rings is 1. The van der Waals surface area contributed by atoms with E-state index in [1.54, 1.807) is 13.8 Å². The smallest absolute Gasteiger partial charge is 0.416 e. The van der Waals surface area contributed by atoms with E-state index in [2.05, 4.69) is 20.4 Å². The van der Waals surface area contributed by atoms with Gasteiger partial charge in [-0.15, -0.1) is 5.10 Å². The Bertz CT molecular complexity index is 1130. The van der Waals surface area contributed by atoms with Crippen molar-refractivity contribution in [3.05, 3.63) is 40.7 Å². The molecule has 0 saturated heterocycles. The monoisotopic (exact) mass is 452 g/mol. The second-order valence-electron chi connectivity index (χ2n) is 7.04. The van der Waals surface area contributed by atoms with Crippen molar-refractivity contribution in [2.75, 3.05) is 31.4 Å². The zero-order valence-corrected chi connectivity index (χ0v) is 17.8. The summed E-state index contributed by atoms with van der Waals surface area (Å²) in [6.07, 6.45) is -4.25. The molecule has 3 N–H and O–H groups in total. The van der Waals surface area contributed by atoms with Crippen LogP contribution < -0.4 is 15.8 Å².